The molecular formula is C19H17Cl2N3O4S. The zero-order valence-electron chi connectivity index (χ0n) is 15.6. The Kier molecular flexibility index (Phi) is 6.56. The first kappa shape index (κ1) is 21.3. The quantitative estimate of drug-likeness (QED) is 0.570. The van der Waals surface area contributed by atoms with Crippen molar-refractivity contribution in [2.75, 3.05) is 11.9 Å². The number of hydrogen-bond donors (Lipinski definition) is 1. The monoisotopic (exact) mass is 453 g/mol. The first-order valence-corrected chi connectivity index (χ1v) is 10.2. The Morgan fingerprint density at radius 2 is 1.93 bits per heavy atom. The Balaban J connectivity index is 1.56. The molecular weight excluding hydrogens is 437 g/mol. The van der Waals surface area contributed by atoms with E-state index < -0.39 is 18.5 Å². The summed E-state index contributed by atoms with van der Waals surface area (Å²) in [5.74, 6) is -1.19. The van der Waals surface area contributed by atoms with Gasteiger partial charge in [-0.2, -0.15) is 0 Å². The van der Waals surface area contributed by atoms with Crippen LogP contribution in [0.5, 0.6) is 0 Å². The number of halogens is 2. The minimum absolute atomic E-state index is 0.0740. The van der Waals surface area contributed by atoms with Crippen molar-refractivity contribution in [2.24, 2.45) is 0 Å². The van der Waals surface area contributed by atoms with E-state index in [1.807, 2.05) is 13.8 Å². The Morgan fingerprint density at radius 1 is 1.24 bits per heavy atom. The highest BCUT2D eigenvalue weighted by molar-refractivity contribution is 7.18. The van der Waals surface area contributed by atoms with Crippen LogP contribution in [0.3, 0.4) is 0 Å². The van der Waals surface area contributed by atoms with E-state index in [-0.39, 0.29) is 34.3 Å². The number of amides is 1. The summed E-state index contributed by atoms with van der Waals surface area (Å²) in [4.78, 5) is 42.5. The van der Waals surface area contributed by atoms with Crippen LogP contribution in [0.4, 0.5) is 5.69 Å². The molecule has 29 heavy (non-hydrogen) atoms. The number of nitrogens with one attached hydrogen (secondary N) is 1. The van der Waals surface area contributed by atoms with Gasteiger partial charge in [-0.05, 0) is 31.5 Å². The van der Waals surface area contributed by atoms with Crippen LogP contribution in [-0.4, -0.2) is 28.0 Å². The fourth-order valence-electron chi connectivity index (χ4n) is 2.65. The van der Waals surface area contributed by atoms with Crippen molar-refractivity contribution >= 4 is 62.3 Å². The van der Waals surface area contributed by atoms with E-state index >= 15 is 0 Å². The highest BCUT2D eigenvalue weighted by atomic mass is 35.5. The summed E-state index contributed by atoms with van der Waals surface area (Å²) in [5.41, 5.74) is 0.953. The van der Waals surface area contributed by atoms with Crippen LogP contribution >= 0.6 is 34.5 Å². The second kappa shape index (κ2) is 8.94. The van der Waals surface area contributed by atoms with E-state index in [2.05, 4.69) is 10.3 Å². The summed E-state index contributed by atoms with van der Waals surface area (Å²) in [6.07, 6.45) is 1.34. The van der Waals surface area contributed by atoms with Crippen molar-refractivity contribution in [2.45, 2.75) is 26.8 Å². The minimum Gasteiger partial charge on any atom is -0.456 e. The van der Waals surface area contributed by atoms with Crippen LogP contribution in [0.1, 0.15) is 16.9 Å². The average Bonchev–Trinajstić information content (AvgIpc) is 2.97. The Morgan fingerprint density at radius 3 is 2.62 bits per heavy atom. The summed E-state index contributed by atoms with van der Waals surface area (Å²) >= 11 is 13.4. The minimum atomic E-state index is -0.615. The number of aryl methyl sites for hydroxylation is 3. The van der Waals surface area contributed by atoms with Gasteiger partial charge in [0, 0.05) is 11.4 Å². The van der Waals surface area contributed by atoms with Gasteiger partial charge in [-0.15, -0.1) is 11.3 Å². The lowest BCUT2D eigenvalue weighted by Crippen LogP contribution is -2.24. The molecule has 3 aromatic rings. The van der Waals surface area contributed by atoms with Crippen molar-refractivity contribution < 1.29 is 14.3 Å². The molecule has 0 atom stereocenters. The molecule has 0 aliphatic rings. The summed E-state index contributed by atoms with van der Waals surface area (Å²) < 4.78 is 6.33. The van der Waals surface area contributed by atoms with Gasteiger partial charge in [-0.3, -0.25) is 19.0 Å². The number of ether oxygens (including phenoxy) is 1. The van der Waals surface area contributed by atoms with Gasteiger partial charge in [0.15, 0.2) is 6.61 Å². The number of carbonyl (C=O) groups is 2. The number of nitrogens with zero attached hydrogens (tertiary/aromatic N) is 2. The van der Waals surface area contributed by atoms with Gasteiger partial charge in [-0.1, -0.05) is 29.3 Å². The first-order valence-electron chi connectivity index (χ1n) is 8.62. The molecule has 10 heteroatoms. The van der Waals surface area contributed by atoms with Gasteiger partial charge in [0.25, 0.3) is 11.5 Å². The topological polar surface area (TPSA) is 90.3 Å². The van der Waals surface area contributed by atoms with Gasteiger partial charge in [0.05, 0.1) is 33.9 Å². The van der Waals surface area contributed by atoms with Gasteiger partial charge < -0.3 is 10.1 Å². The van der Waals surface area contributed by atoms with Crippen LogP contribution in [0.25, 0.3) is 10.2 Å². The van der Waals surface area contributed by atoms with E-state index in [0.29, 0.717) is 10.2 Å². The van der Waals surface area contributed by atoms with E-state index in [0.717, 1.165) is 10.4 Å². The van der Waals surface area contributed by atoms with Gasteiger partial charge in [0.1, 0.15) is 4.83 Å². The van der Waals surface area contributed by atoms with Crippen LogP contribution in [0.15, 0.2) is 29.3 Å². The Hall–Kier alpha value is -2.42. The van der Waals surface area contributed by atoms with E-state index in [4.69, 9.17) is 27.9 Å². The summed E-state index contributed by atoms with van der Waals surface area (Å²) in [5, 5.41) is 3.62. The lowest BCUT2D eigenvalue weighted by atomic mass is 10.2. The number of aromatic nitrogens is 2. The molecule has 1 aromatic carbocycles. The molecule has 2 heterocycles. The Bertz CT molecular complexity index is 1140. The highest BCUT2D eigenvalue weighted by Gasteiger charge is 2.14. The maximum atomic E-state index is 12.6. The van der Waals surface area contributed by atoms with Crippen molar-refractivity contribution in [3.8, 4) is 0 Å². The third kappa shape index (κ3) is 4.77. The molecule has 0 saturated heterocycles. The van der Waals surface area contributed by atoms with Crippen molar-refractivity contribution in [1.29, 1.82) is 0 Å². The molecule has 152 valence electrons. The lowest BCUT2D eigenvalue weighted by molar-refractivity contribution is -0.147. The second-order valence-corrected chi connectivity index (χ2v) is 8.28. The standard InChI is InChI=1S/C19H17Cl2N3O4S/c1-10-11(2)29-18-16(10)19(27)24(9-22-18)7-6-15(26)28-8-14(25)23-17-12(20)4-3-5-13(17)21/h3-5,9H,6-8H2,1-2H3,(H,23,25). The first-order chi connectivity index (χ1) is 13.8. The molecule has 0 aliphatic carbocycles. The average molecular weight is 454 g/mol. The van der Waals surface area contributed by atoms with Crippen molar-refractivity contribution in [1.82, 2.24) is 9.55 Å². The number of hydrogen-bond acceptors (Lipinski definition) is 6. The van der Waals surface area contributed by atoms with Crippen molar-refractivity contribution in [3.05, 3.63) is 55.4 Å². The molecule has 0 radical (unpaired) electrons. The maximum Gasteiger partial charge on any atom is 0.308 e. The predicted molar refractivity (Wildman–Crippen MR) is 114 cm³/mol. The molecule has 0 bridgehead atoms. The number of esters is 1. The van der Waals surface area contributed by atoms with E-state index in [1.165, 1.54) is 22.2 Å². The van der Waals surface area contributed by atoms with Gasteiger partial charge in [-0.25, -0.2) is 4.98 Å². The largest absolute Gasteiger partial charge is 0.456 e. The molecule has 0 aliphatic heterocycles. The van der Waals surface area contributed by atoms with Gasteiger partial charge >= 0.3 is 5.97 Å². The molecule has 0 spiro atoms. The molecule has 1 N–H and O–H groups in total. The molecule has 0 fully saturated rings. The molecule has 1 amide bonds. The number of carbonyl (C=O) groups excluding carboxylic acids is 2. The summed E-state index contributed by atoms with van der Waals surface area (Å²) in [6.45, 7) is 3.42. The molecule has 0 saturated carbocycles. The molecule has 7 nitrogen and oxygen atoms in total. The lowest BCUT2D eigenvalue weighted by Gasteiger charge is -2.10. The fourth-order valence-corrected chi connectivity index (χ4v) is 4.13. The predicted octanol–water partition coefficient (Wildman–Crippen LogP) is 3.95. The van der Waals surface area contributed by atoms with Crippen molar-refractivity contribution in [3.63, 3.8) is 0 Å². The zero-order chi connectivity index (χ0) is 21.1. The SMILES string of the molecule is Cc1sc2ncn(CCC(=O)OCC(=O)Nc3c(Cl)cccc3Cl)c(=O)c2c1C. The fraction of sp³-hybridized carbons (Fsp3) is 0.263. The summed E-state index contributed by atoms with van der Waals surface area (Å²) in [7, 11) is 0. The molecule has 3 rings (SSSR count). The number of thiophene rings is 1. The Labute approximate surface area is 180 Å². The maximum absolute atomic E-state index is 12.6. The smallest absolute Gasteiger partial charge is 0.308 e. The number of fused-ring (bicyclic) bond motifs is 1. The van der Waals surface area contributed by atoms with Crippen LogP contribution < -0.4 is 10.9 Å². The normalized spacial score (nSPS) is 10.9. The molecule has 0 unspecified atom stereocenters. The highest BCUT2D eigenvalue weighted by Crippen LogP contribution is 2.29. The zero-order valence-corrected chi connectivity index (χ0v) is 18.0. The van der Waals surface area contributed by atoms with Crippen LogP contribution in [-0.2, 0) is 20.9 Å². The summed E-state index contributed by atoms with van der Waals surface area (Å²) in [6, 6.07) is 4.80. The number of rotatable bonds is 6. The number of benzene rings is 1. The number of anilines is 1. The second-order valence-electron chi connectivity index (χ2n) is 6.26. The van der Waals surface area contributed by atoms with E-state index in [9.17, 15) is 14.4 Å². The number of para-hydroxylation sites is 1. The third-order valence-corrected chi connectivity index (χ3v) is 6.05. The molecule has 2 aromatic heterocycles. The van der Waals surface area contributed by atoms with Crippen LogP contribution in [0, 0.1) is 13.8 Å². The van der Waals surface area contributed by atoms with Crippen LogP contribution in [0.2, 0.25) is 10.0 Å². The van der Waals surface area contributed by atoms with E-state index in [1.54, 1.807) is 18.2 Å². The van der Waals surface area contributed by atoms with Gasteiger partial charge in [0.2, 0.25) is 0 Å². The third-order valence-electron chi connectivity index (χ3n) is 4.30.